The maximum absolute atomic E-state index is 3.47. The van der Waals surface area contributed by atoms with Crippen molar-refractivity contribution < 1.29 is 0 Å². The van der Waals surface area contributed by atoms with E-state index in [1.807, 2.05) is 0 Å². The Morgan fingerprint density at radius 2 is 2.36 bits per heavy atom. The Kier molecular flexibility index (Phi) is 2.14. The van der Waals surface area contributed by atoms with Gasteiger partial charge in [0.15, 0.2) is 0 Å². The van der Waals surface area contributed by atoms with Gasteiger partial charge in [-0.1, -0.05) is 13.3 Å². The number of likely N-dealkylation sites (tertiary alicyclic amines) is 1. The quantitative estimate of drug-likeness (QED) is 0.643. The molecule has 0 aliphatic carbocycles. The van der Waals surface area contributed by atoms with Crippen LogP contribution in [0.2, 0.25) is 0 Å². The third-order valence-corrected chi connectivity index (χ3v) is 2.99. The van der Waals surface area contributed by atoms with Gasteiger partial charge in [-0.3, -0.25) is 0 Å². The normalized spacial score (nSPS) is 36.8. The predicted octanol–water partition coefficient (Wildman–Crippen LogP) is 0.690. The van der Waals surface area contributed by atoms with Crippen molar-refractivity contribution in [1.82, 2.24) is 10.2 Å². The molecule has 0 aromatic rings. The number of hydrogen-bond acceptors (Lipinski definition) is 2. The Labute approximate surface area is 69.0 Å². The van der Waals surface area contributed by atoms with Crippen LogP contribution in [0.1, 0.15) is 19.8 Å². The van der Waals surface area contributed by atoms with Crippen molar-refractivity contribution in [3.05, 3.63) is 0 Å². The summed E-state index contributed by atoms with van der Waals surface area (Å²) in [6, 6.07) is 0.854. The minimum atomic E-state index is 0.854. The van der Waals surface area contributed by atoms with Crippen LogP contribution in [-0.4, -0.2) is 37.1 Å². The minimum Gasteiger partial charge on any atom is -0.312 e. The van der Waals surface area contributed by atoms with E-state index in [1.165, 1.54) is 39.0 Å². The van der Waals surface area contributed by atoms with Crippen LogP contribution >= 0.6 is 0 Å². The second-order valence-corrected chi connectivity index (χ2v) is 3.89. The van der Waals surface area contributed by atoms with Crippen LogP contribution in [0.5, 0.6) is 0 Å². The Morgan fingerprint density at radius 1 is 1.45 bits per heavy atom. The standard InChI is InChI=1S/C9H18N2/c1-2-3-4-11-6-8-5-10-9(8)7-11/h8-10H,2-7H2,1H3. The maximum Gasteiger partial charge on any atom is 0.0247 e. The first-order chi connectivity index (χ1) is 5.40. The highest BCUT2D eigenvalue weighted by Crippen LogP contribution is 2.23. The van der Waals surface area contributed by atoms with Gasteiger partial charge < -0.3 is 10.2 Å². The first kappa shape index (κ1) is 7.56. The molecule has 2 aliphatic rings. The lowest BCUT2D eigenvalue weighted by Crippen LogP contribution is -2.51. The van der Waals surface area contributed by atoms with Crippen LogP contribution in [0.4, 0.5) is 0 Å². The van der Waals surface area contributed by atoms with Gasteiger partial charge in [0.1, 0.15) is 0 Å². The van der Waals surface area contributed by atoms with Crippen LogP contribution in [-0.2, 0) is 0 Å². The van der Waals surface area contributed by atoms with Crippen LogP contribution in [0.25, 0.3) is 0 Å². The molecular formula is C9H18N2. The monoisotopic (exact) mass is 154 g/mol. The second-order valence-electron chi connectivity index (χ2n) is 3.89. The highest BCUT2D eigenvalue weighted by molar-refractivity contribution is 4.97. The van der Waals surface area contributed by atoms with Crippen molar-refractivity contribution in [2.24, 2.45) is 5.92 Å². The molecule has 0 radical (unpaired) electrons. The maximum atomic E-state index is 3.47. The van der Waals surface area contributed by atoms with E-state index in [0.29, 0.717) is 0 Å². The molecule has 2 nitrogen and oxygen atoms in total. The molecule has 1 N–H and O–H groups in total. The number of fused-ring (bicyclic) bond motifs is 1. The molecule has 0 spiro atoms. The van der Waals surface area contributed by atoms with Gasteiger partial charge >= 0.3 is 0 Å². The van der Waals surface area contributed by atoms with Crippen molar-refractivity contribution >= 4 is 0 Å². The van der Waals surface area contributed by atoms with Gasteiger partial charge in [0.25, 0.3) is 0 Å². The van der Waals surface area contributed by atoms with E-state index in [0.717, 1.165) is 12.0 Å². The number of nitrogens with zero attached hydrogens (tertiary/aromatic N) is 1. The summed E-state index contributed by atoms with van der Waals surface area (Å²) >= 11 is 0. The summed E-state index contributed by atoms with van der Waals surface area (Å²) in [5, 5.41) is 3.47. The summed E-state index contributed by atoms with van der Waals surface area (Å²) in [5.41, 5.74) is 0. The predicted molar refractivity (Wildman–Crippen MR) is 46.6 cm³/mol. The Hall–Kier alpha value is -0.0800. The molecule has 2 rings (SSSR count). The molecule has 0 aromatic heterocycles. The van der Waals surface area contributed by atoms with E-state index in [-0.39, 0.29) is 0 Å². The van der Waals surface area contributed by atoms with Gasteiger partial charge in [0, 0.05) is 31.6 Å². The van der Waals surface area contributed by atoms with E-state index in [2.05, 4.69) is 17.1 Å². The third-order valence-electron chi connectivity index (χ3n) is 2.99. The molecule has 11 heavy (non-hydrogen) atoms. The average molecular weight is 154 g/mol. The average Bonchev–Trinajstić information content (AvgIpc) is 2.25. The molecule has 2 heteroatoms. The van der Waals surface area contributed by atoms with Gasteiger partial charge in [-0.15, -0.1) is 0 Å². The summed E-state index contributed by atoms with van der Waals surface area (Å²) in [6.07, 6.45) is 2.71. The second kappa shape index (κ2) is 3.11. The van der Waals surface area contributed by atoms with E-state index >= 15 is 0 Å². The minimum absolute atomic E-state index is 0.854. The Balaban J connectivity index is 1.71. The van der Waals surface area contributed by atoms with Gasteiger partial charge in [0.05, 0.1) is 0 Å². The third kappa shape index (κ3) is 1.42. The summed E-state index contributed by atoms with van der Waals surface area (Å²) in [7, 11) is 0. The number of nitrogens with one attached hydrogen (secondary N) is 1. The van der Waals surface area contributed by atoms with Gasteiger partial charge in [-0.05, 0) is 13.0 Å². The molecule has 2 saturated heterocycles. The fraction of sp³-hybridized carbons (Fsp3) is 1.00. The lowest BCUT2D eigenvalue weighted by atomic mass is 9.96. The lowest BCUT2D eigenvalue weighted by molar-refractivity contribution is 0.295. The number of rotatable bonds is 3. The van der Waals surface area contributed by atoms with Crippen molar-refractivity contribution in [3.63, 3.8) is 0 Å². The first-order valence-electron chi connectivity index (χ1n) is 4.86. The topological polar surface area (TPSA) is 15.3 Å². The van der Waals surface area contributed by atoms with Crippen LogP contribution < -0.4 is 5.32 Å². The zero-order valence-electron chi connectivity index (χ0n) is 7.34. The van der Waals surface area contributed by atoms with E-state index in [1.54, 1.807) is 0 Å². The van der Waals surface area contributed by atoms with Crippen molar-refractivity contribution in [1.29, 1.82) is 0 Å². The summed E-state index contributed by atoms with van der Waals surface area (Å²) in [4.78, 5) is 2.61. The van der Waals surface area contributed by atoms with Gasteiger partial charge in [0.2, 0.25) is 0 Å². The molecule has 0 amide bonds. The zero-order chi connectivity index (χ0) is 7.68. The summed E-state index contributed by atoms with van der Waals surface area (Å²) in [5.74, 6) is 0.992. The largest absolute Gasteiger partial charge is 0.312 e. The molecule has 2 heterocycles. The van der Waals surface area contributed by atoms with Crippen LogP contribution in [0, 0.1) is 5.92 Å². The highest BCUT2D eigenvalue weighted by Gasteiger charge is 2.38. The van der Waals surface area contributed by atoms with E-state index in [4.69, 9.17) is 0 Å². The van der Waals surface area contributed by atoms with Crippen molar-refractivity contribution in [2.75, 3.05) is 26.2 Å². The first-order valence-corrected chi connectivity index (χ1v) is 4.86. The molecule has 2 unspecified atom stereocenters. The fourth-order valence-corrected chi connectivity index (χ4v) is 2.11. The molecule has 0 aromatic carbocycles. The molecule has 64 valence electrons. The smallest absolute Gasteiger partial charge is 0.0247 e. The number of hydrogen-bond donors (Lipinski definition) is 1. The summed E-state index contributed by atoms with van der Waals surface area (Å²) in [6.45, 7) is 7.53. The van der Waals surface area contributed by atoms with Gasteiger partial charge in [-0.25, -0.2) is 0 Å². The zero-order valence-corrected chi connectivity index (χ0v) is 7.34. The van der Waals surface area contributed by atoms with E-state index in [9.17, 15) is 0 Å². The van der Waals surface area contributed by atoms with Crippen LogP contribution in [0.15, 0.2) is 0 Å². The Bertz CT molecular complexity index is 124. The van der Waals surface area contributed by atoms with Crippen molar-refractivity contribution in [3.8, 4) is 0 Å². The molecule has 2 aliphatic heterocycles. The number of unbranched alkanes of at least 4 members (excludes halogenated alkanes) is 1. The molecule has 0 bridgehead atoms. The molecular weight excluding hydrogens is 136 g/mol. The fourth-order valence-electron chi connectivity index (χ4n) is 2.11. The summed E-state index contributed by atoms with van der Waals surface area (Å²) < 4.78 is 0. The van der Waals surface area contributed by atoms with Crippen LogP contribution in [0.3, 0.4) is 0 Å². The Morgan fingerprint density at radius 3 is 2.82 bits per heavy atom. The molecule has 2 fully saturated rings. The van der Waals surface area contributed by atoms with Gasteiger partial charge in [-0.2, -0.15) is 0 Å². The SMILES string of the molecule is CCCCN1CC2CNC2C1. The van der Waals surface area contributed by atoms with E-state index < -0.39 is 0 Å². The molecule has 2 atom stereocenters. The van der Waals surface area contributed by atoms with Crippen molar-refractivity contribution in [2.45, 2.75) is 25.8 Å². The highest BCUT2D eigenvalue weighted by atomic mass is 15.2. The lowest BCUT2D eigenvalue weighted by Gasteiger charge is -2.30. The molecule has 0 saturated carbocycles.